The van der Waals surface area contributed by atoms with Crippen LogP contribution in [0.5, 0.6) is 0 Å². The minimum absolute atomic E-state index is 1.04. The summed E-state index contributed by atoms with van der Waals surface area (Å²) in [6, 6.07) is 19.5. The lowest BCUT2D eigenvalue weighted by atomic mass is 9.94. The first-order valence-electron chi connectivity index (χ1n) is 7.62. The summed E-state index contributed by atoms with van der Waals surface area (Å²) in [6.07, 6.45) is 10.3. The molecule has 0 atom stereocenters. The molecule has 2 aliphatic carbocycles. The Hall–Kier alpha value is -2.34. The summed E-state index contributed by atoms with van der Waals surface area (Å²) in [5.41, 5.74) is 8.68. The Morgan fingerprint density at radius 3 is 2.48 bits per heavy atom. The first kappa shape index (κ1) is 12.4. The summed E-state index contributed by atoms with van der Waals surface area (Å²) >= 11 is 0. The Kier molecular flexibility index (Phi) is 3.08. The van der Waals surface area contributed by atoms with E-state index < -0.39 is 0 Å². The van der Waals surface area contributed by atoms with Crippen LogP contribution in [0, 0.1) is 0 Å². The molecule has 0 heterocycles. The molecule has 21 heavy (non-hydrogen) atoms. The maximum atomic E-state index is 2.38. The second-order valence-electron chi connectivity index (χ2n) is 5.79. The van der Waals surface area contributed by atoms with Crippen LogP contribution in [-0.2, 0) is 12.8 Å². The van der Waals surface area contributed by atoms with Gasteiger partial charge in [-0.2, -0.15) is 0 Å². The van der Waals surface area contributed by atoms with Crippen molar-refractivity contribution in [2.45, 2.75) is 19.3 Å². The minimum atomic E-state index is 1.04. The van der Waals surface area contributed by atoms with E-state index in [0.29, 0.717) is 0 Å². The Morgan fingerprint density at radius 2 is 1.62 bits per heavy atom. The smallest absolute Gasteiger partial charge is 0.00137 e. The van der Waals surface area contributed by atoms with Crippen molar-refractivity contribution in [2.75, 3.05) is 0 Å². The Bertz CT molecular complexity index is 758. The molecule has 0 bridgehead atoms. The van der Waals surface area contributed by atoms with Gasteiger partial charge >= 0.3 is 0 Å². The van der Waals surface area contributed by atoms with Crippen LogP contribution in [0.15, 0.2) is 83.5 Å². The fraction of sp³-hybridized carbons (Fsp3) is 0.143. The van der Waals surface area contributed by atoms with Gasteiger partial charge in [0.2, 0.25) is 0 Å². The molecule has 2 aliphatic rings. The van der Waals surface area contributed by atoms with Crippen molar-refractivity contribution >= 4 is 6.08 Å². The average molecular weight is 270 g/mol. The fourth-order valence-electron chi connectivity index (χ4n) is 3.33. The summed E-state index contributed by atoms with van der Waals surface area (Å²) in [6.45, 7) is 0. The lowest BCUT2D eigenvalue weighted by Crippen LogP contribution is -1.96. The number of hydrogen-bond donors (Lipinski definition) is 0. The topological polar surface area (TPSA) is 0 Å². The molecule has 0 unspecified atom stereocenters. The molecule has 4 rings (SSSR count). The van der Waals surface area contributed by atoms with Gasteiger partial charge in [-0.3, -0.25) is 0 Å². The zero-order chi connectivity index (χ0) is 14.1. The number of fused-ring (bicyclic) bond motifs is 1. The normalized spacial score (nSPS) is 16.3. The number of benzene rings is 2. The second-order valence-corrected chi connectivity index (χ2v) is 5.79. The van der Waals surface area contributed by atoms with Gasteiger partial charge < -0.3 is 0 Å². The van der Waals surface area contributed by atoms with Crippen LogP contribution in [0.1, 0.15) is 23.1 Å². The Labute approximate surface area is 126 Å². The molecule has 0 aromatic heterocycles. The molecule has 0 aliphatic heterocycles. The van der Waals surface area contributed by atoms with E-state index in [1.807, 2.05) is 0 Å². The zero-order valence-electron chi connectivity index (χ0n) is 12.0. The van der Waals surface area contributed by atoms with E-state index >= 15 is 0 Å². The SMILES string of the molecule is C1=C(Cc2ccccc2)C(C2=Cc3ccccc3C2)=CC1. The largest absolute Gasteiger partial charge is 0.0766 e. The molecule has 102 valence electrons. The van der Waals surface area contributed by atoms with Gasteiger partial charge in [0.25, 0.3) is 0 Å². The highest BCUT2D eigenvalue weighted by Crippen LogP contribution is 2.36. The molecule has 0 N–H and O–H groups in total. The van der Waals surface area contributed by atoms with Gasteiger partial charge in [0.05, 0.1) is 0 Å². The molecule has 2 aromatic rings. The molecule has 0 nitrogen and oxygen atoms in total. The second kappa shape index (κ2) is 5.21. The summed E-state index contributed by atoms with van der Waals surface area (Å²) in [5, 5.41) is 0. The molecule has 0 saturated carbocycles. The van der Waals surface area contributed by atoms with Gasteiger partial charge in [-0.15, -0.1) is 0 Å². The molecule has 2 aromatic carbocycles. The highest BCUT2D eigenvalue weighted by atomic mass is 14.2. The van der Waals surface area contributed by atoms with Crippen molar-refractivity contribution in [2.24, 2.45) is 0 Å². The highest BCUT2D eigenvalue weighted by Gasteiger charge is 2.19. The van der Waals surface area contributed by atoms with E-state index in [2.05, 4.69) is 72.8 Å². The summed E-state index contributed by atoms with van der Waals surface area (Å²) in [5.74, 6) is 0. The van der Waals surface area contributed by atoms with Crippen molar-refractivity contribution in [1.82, 2.24) is 0 Å². The third-order valence-corrected chi connectivity index (χ3v) is 4.38. The standard InChI is InChI=1S/C21H18/c1-2-7-16(8-3-1)13-19-11-6-12-21(19)20-14-17-9-4-5-10-18(17)15-20/h1-5,7-12,14H,6,13,15H2. The van der Waals surface area contributed by atoms with Crippen LogP contribution in [0.3, 0.4) is 0 Å². The minimum Gasteiger partial charge on any atom is -0.0766 e. The van der Waals surface area contributed by atoms with Crippen LogP contribution in [0.2, 0.25) is 0 Å². The van der Waals surface area contributed by atoms with Crippen molar-refractivity contribution in [3.63, 3.8) is 0 Å². The molecule has 0 spiro atoms. The molecule has 0 fully saturated rings. The predicted octanol–water partition coefficient (Wildman–Crippen LogP) is 5.13. The van der Waals surface area contributed by atoms with Crippen LogP contribution in [-0.4, -0.2) is 0 Å². The average Bonchev–Trinajstić information content (AvgIpc) is 3.14. The van der Waals surface area contributed by atoms with E-state index in [1.54, 1.807) is 0 Å². The first-order valence-corrected chi connectivity index (χ1v) is 7.62. The van der Waals surface area contributed by atoms with E-state index in [1.165, 1.54) is 33.4 Å². The molecule has 0 heteroatoms. The zero-order valence-corrected chi connectivity index (χ0v) is 12.0. The van der Waals surface area contributed by atoms with Crippen molar-refractivity contribution < 1.29 is 0 Å². The summed E-state index contributed by atoms with van der Waals surface area (Å²) in [4.78, 5) is 0. The van der Waals surface area contributed by atoms with Crippen LogP contribution >= 0.6 is 0 Å². The lowest BCUT2D eigenvalue weighted by molar-refractivity contribution is 1.13. The number of hydrogen-bond acceptors (Lipinski definition) is 0. The Morgan fingerprint density at radius 1 is 0.810 bits per heavy atom. The summed E-state index contributed by atoms with van der Waals surface area (Å²) < 4.78 is 0. The molecular weight excluding hydrogens is 252 g/mol. The van der Waals surface area contributed by atoms with Crippen molar-refractivity contribution in [3.8, 4) is 0 Å². The summed E-state index contributed by atoms with van der Waals surface area (Å²) in [7, 11) is 0. The maximum absolute atomic E-state index is 2.38. The van der Waals surface area contributed by atoms with Gasteiger partial charge in [-0.1, -0.05) is 72.8 Å². The first-order chi connectivity index (χ1) is 10.4. The molecule has 0 amide bonds. The van der Waals surface area contributed by atoms with Gasteiger partial charge in [0.1, 0.15) is 0 Å². The quantitative estimate of drug-likeness (QED) is 0.725. The van der Waals surface area contributed by atoms with Crippen LogP contribution in [0.4, 0.5) is 0 Å². The number of rotatable bonds is 3. The van der Waals surface area contributed by atoms with E-state index in [9.17, 15) is 0 Å². The van der Waals surface area contributed by atoms with Gasteiger partial charge in [0.15, 0.2) is 0 Å². The van der Waals surface area contributed by atoms with Crippen molar-refractivity contribution in [3.05, 3.63) is 100 Å². The number of allylic oxidation sites excluding steroid dienone is 5. The highest BCUT2D eigenvalue weighted by molar-refractivity contribution is 5.72. The van der Waals surface area contributed by atoms with Crippen LogP contribution < -0.4 is 0 Å². The van der Waals surface area contributed by atoms with E-state index in [-0.39, 0.29) is 0 Å². The maximum Gasteiger partial charge on any atom is -0.00137 e. The third-order valence-electron chi connectivity index (χ3n) is 4.38. The van der Waals surface area contributed by atoms with Gasteiger partial charge in [-0.25, -0.2) is 0 Å². The van der Waals surface area contributed by atoms with Gasteiger partial charge in [0, 0.05) is 0 Å². The fourth-order valence-corrected chi connectivity index (χ4v) is 3.33. The third kappa shape index (κ3) is 2.38. The van der Waals surface area contributed by atoms with Gasteiger partial charge in [-0.05, 0) is 52.7 Å². The Balaban J connectivity index is 1.58. The van der Waals surface area contributed by atoms with E-state index in [0.717, 1.165) is 19.3 Å². The van der Waals surface area contributed by atoms with E-state index in [4.69, 9.17) is 0 Å². The molecule has 0 radical (unpaired) electrons. The molecule has 0 saturated heterocycles. The predicted molar refractivity (Wildman–Crippen MR) is 89.1 cm³/mol. The van der Waals surface area contributed by atoms with Crippen molar-refractivity contribution in [1.29, 1.82) is 0 Å². The monoisotopic (exact) mass is 270 g/mol. The molecular formula is C21H18. The van der Waals surface area contributed by atoms with Crippen LogP contribution in [0.25, 0.3) is 6.08 Å². The lowest BCUT2D eigenvalue weighted by Gasteiger charge is -2.10.